The van der Waals surface area contributed by atoms with Gasteiger partial charge in [0.2, 0.25) is 5.91 Å². The highest BCUT2D eigenvalue weighted by atomic mass is 32.2. The molecule has 0 saturated heterocycles. The summed E-state index contributed by atoms with van der Waals surface area (Å²) >= 11 is 1.50. The summed E-state index contributed by atoms with van der Waals surface area (Å²) < 4.78 is 7.22. The summed E-state index contributed by atoms with van der Waals surface area (Å²) in [5.74, 6) is 1.64. The number of carbonyl (C=O) groups excluding carboxylic acids is 1. The van der Waals surface area contributed by atoms with E-state index in [0.717, 1.165) is 29.2 Å². The predicted octanol–water partition coefficient (Wildman–Crippen LogP) is 3.08. The first-order valence-corrected chi connectivity index (χ1v) is 11.8. The van der Waals surface area contributed by atoms with Crippen molar-refractivity contribution < 1.29 is 9.53 Å². The molecule has 1 aliphatic carbocycles. The molecule has 1 amide bonds. The molecule has 0 unspecified atom stereocenters. The molecule has 8 nitrogen and oxygen atoms in total. The zero-order valence-electron chi connectivity index (χ0n) is 17.4. The molecule has 2 aromatic rings. The number of aromatic nitrogens is 4. The van der Waals surface area contributed by atoms with E-state index in [1.807, 2.05) is 17.9 Å². The fourth-order valence-electron chi connectivity index (χ4n) is 3.73. The van der Waals surface area contributed by atoms with Gasteiger partial charge in [-0.2, -0.15) is 5.10 Å². The largest absolute Gasteiger partial charge is 0.380 e. The van der Waals surface area contributed by atoms with Crippen LogP contribution in [-0.2, 0) is 16.1 Å². The Morgan fingerprint density at radius 2 is 2.14 bits per heavy atom. The van der Waals surface area contributed by atoms with E-state index in [0.29, 0.717) is 44.4 Å². The minimum absolute atomic E-state index is 0.131. The maximum Gasteiger partial charge on any atom is 0.220 e. The lowest BCUT2D eigenvalue weighted by atomic mass is 10.0. The molecule has 0 radical (unpaired) electrons. The van der Waals surface area contributed by atoms with E-state index in [-0.39, 0.29) is 5.91 Å². The molecule has 1 aliphatic rings. The third kappa shape index (κ3) is 6.30. The normalized spacial score (nSPS) is 14.6. The molecule has 9 heteroatoms. The highest BCUT2D eigenvalue weighted by molar-refractivity contribution is 7.98. The zero-order valence-corrected chi connectivity index (χ0v) is 18.3. The Kier molecular flexibility index (Phi) is 8.54. The van der Waals surface area contributed by atoms with E-state index in [2.05, 4.69) is 25.7 Å². The van der Waals surface area contributed by atoms with Crippen LogP contribution in [0.4, 0.5) is 5.82 Å². The molecule has 160 valence electrons. The number of fused-ring (bicyclic) bond motifs is 1. The van der Waals surface area contributed by atoms with Crippen LogP contribution < -0.4 is 10.6 Å². The highest BCUT2D eigenvalue weighted by Crippen LogP contribution is 2.28. The van der Waals surface area contributed by atoms with Gasteiger partial charge in [-0.15, -0.1) is 0 Å². The van der Waals surface area contributed by atoms with Crippen LogP contribution >= 0.6 is 11.8 Å². The van der Waals surface area contributed by atoms with Crippen LogP contribution in [0.5, 0.6) is 0 Å². The maximum absolute atomic E-state index is 12.1. The van der Waals surface area contributed by atoms with Crippen LogP contribution in [0, 0.1) is 5.92 Å². The van der Waals surface area contributed by atoms with Crippen molar-refractivity contribution in [3.63, 3.8) is 0 Å². The quantitative estimate of drug-likeness (QED) is 0.310. The first-order valence-electron chi connectivity index (χ1n) is 10.6. The van der Waals surface area contributed by atoms with Gasteiger partial charge in [-0.25, -0.2) is 14.6 Å². The highest BCUT2D eigenvalue weighted by Gasteiger charge is 2.16. The average molecular weight is 421 g/mol. The first-order chi connectivity index (χ1) is 14.2. The topological polar surface area (TPSA) is 94.0 Å². The van der Waals surface area contributed by atoms with Crippen molar-refractivity contribution in [3.05, 3.63) is 6.20 Å². The Morgan fingerprint density at radius 1 is 1.31 bits per heavy atom. The second-order valence-electron chi connectivity index (χ2n) is 7.33. The number of hydrogen-bond donors (Lipinski definition) is 2. The van der Waals surface area contributed by atoms with Gasteiger partial charge < -0.3 is 15.4 Å². The number of rotatable bonds is 12. The Balaban J connectivity index is 1.55. The van der Waals surface area contributed by atoms with Crippen molar-refractivity contribution in [1.82, 2.24) is 25.1 Å². The summed E-state index contributed by atoms with van der Waals surface area (Å²) in [5.41, 5.74) is 0.781. The standard InChI is InChI=1S/C20H32N6O2S/c1-3-28-13-11-22-18-16-14-23-26(19(16)25-20(24-18)29-2)12-10-21-17(27)9-8-15-6-4-5-7-15/h14-15H,3-13H2,1-2H3,(H,21,27)(H,22,24,25). The lowest BCUT2D eigenvalue weighted by Gasteiger charge is -2.10. The second kappa shape index (κ2) is 11.3. The van der Waals surface area contributed by atoms with Crippen LogP contribution in [0.1, 0.15) is 45.4 Å². The van der Waals surface area contributed by atoms with Crippen LogP contribution in [0.25, 0.3) is 11.0 Å². The summed E-state index contributed by atoms with van der Waals surface area (Å²) in [6.07, 6.45) is 10.6. The summed E-state index contributed by atoms with van der Waals surface area (Å²) in [6.45, 7) is 5.11. The van der Waals surface area contributed by atoms with Crippen LogP contribution in [0.15, 0.2) is 11.4 Å². The van der Waals surface area contributed by atoms with Gasteiger partial charge in [-0.05, 0) is 25.5 Å². The summed E-state index contributed by atoms with van der Waals surface area (Å²) in [7, 11) is 0. The molecule has 2 heterocycles. The number of hydrogen-bond acceptors (Lipinski definition) is 7. The molecule has 0 spiro atoms. The third-order valence-electron chi connectivity index (χ3n) is 5.30. The minimum Gasteiger partial charge on any atom is -0.380 e. The fourth-order valence-corrected chi connectivity index (χ4v) is 4.10. The van der Waals surface area contributed by atoms with Crippen molar-refractivity contribution in [3.8, 4) is 0 Å². The lowest BCUT2D eigenvalue weighted by molar-refractivity contribution is -0.121. The molecule has 0 aliphatic heterocycles. The van der Waals surface area contributed by atoms with Crippen molar-refractivity contribution in [1.29, 1.82) is 0 Å². The molecule has 2 aromatic heterocycles. The van der Waals surface area contributed by atoms with Crippen molar-refractivity contribution in [2.75, 3.05) is 37.9 Å². The SMILES string of the molecule is CCOCCNc1nc(SC)nc2c1cnn2CCNC(=O)CCC1CCCC1. The summed E-state index contributed by atoms with van der Waals surface area (Å²) in [5, 5.41) is 12.4. The number of carbonyl (C=O) groups is 1. The molecule has 2 N–H and O–H groups in total. The first kappa shape index (κ1) is 21.8. The van der Waals surface area contributed by atoms with Gasteiger partial charge in [0, 0.05) is 26.1 Å². The van der Waals surface area contributed by atoms with E-state index in [1.54, 1.807) is 6.20 Å². The van der Waals surface area contributed by atoms with Gasteiger partial charge >= 0.3 is 0 Å². The molecule has 0 atom stereocenters. The average Bonchev–Trinajstić information content (AvgIpc) is 3.39. The van der Waals surface area contributed by atoms with Crippen LogP contribution in [0.2, 0.25) is 0 Å². The van der Waals surface area contributed by atoms with Crippen molar-refractivity contribution in [2.24, 2.45) is 5.92 Å². The number of thioether (sulfide) groups is 1. The Labute approximate surface area is 176 Å². The zero-order chi connectivity index (χ0) is 20.5. The van der Waals surface area contributed by atoms with Crippen molar-refractivity contribution in [2.45, 2.75) is 57.1 Å². The van der Waals surface area contributed by atoms with Gasteiger partial charge in [-0.3, -0.25) is 4.79 Å². The van der Waals surface area contributed by atoms with Crippen LogP contribution in [0.3, 0.4) is 0 Å². The van der Waals surface area contributed by atoms with E-state index in [1.165, 1.54) is 37.4 Å². The summed E-state index contributed by atoms with van der Waals surface area (Å²) in [6, 6.07) is 0. The minimum atomic E-state index is 0.131. The third-order valence-corrected chi connectivity index (χ3v) is 5.85. The van der Waals surface area contributed by atoms with E-state index < -0.39 is 0 Å². The maximum atomic E-state index is 12.1. The lowest BCUT2D eigenvalue weighted by Crippen LogP contribution is -2.27. The number of amides is 1. The number of nitrogens with one attached hydrogen (secondary N) is 2. The Hall–Kier alpha value is -1.87. The van der Waals surface area contributed by atoms with Gasteiger partial charge in [-0.1, -0.05) is 37.4 Å². The molecule has 0 bridgehead atoms. The number of anilines is 1. The van der Waals surface area contributed by atoms with E-state index in [9.17, 15) is 4.79 Å². The molecule has 1 saturated carbocycles. The van der Waals surface area contributed by atoms with E-state index >= 15 is 0 Å². The smallest absolute Gasteiger partial charge is 0.220 e. The molecular weight excluding hydrogens is 388 g/mol. The number of nitrogens with zero attached hydrogens (tertiary/aromatic N) is 4. The van der Waals surface area contributed by atoms with Gasteiger partial charge in [0.15, 0.2) is 10.8 Å². The Bertz CT molecular complexity index is 791. The van der Waals surface area contributed by atoms with Crippen LogP contribution in [-0.4, -0.2) is 58.2 Å². The predicted molar refractivity (Wildman–Crippen MR) is 116 cm³/mol. The van der Waals surface area contributed by atoms with E-state index in [4.69, 9.17) is 4.74 Å². The molecule has 29 heavy (non-hydrogen) atoms. The monoisotopic (exact) mass is 420 g/mol. The molecule has 0 aromatic carbocycles. The fraction of sp³-hybridized carbons (Fsp3) is 0.700. The van der Waals surface area contributed by atoms with Crippen molar-refractivity contribution >= 4 is 34.5 Å². The second-order valence-corrected chi connectivity index (χ2v) is 8.10. The van der Waals surface area contributed by atoms with Gasteiger partial charge in [0.25, 0.3) is 0 Å². The molecular formula is C20H32N6O2S. The van der Waals surface area contributed by atoms with Gasteiger partial charge in [0.05, 0.1) is 24.7 Å². The Morgan fingerprint density at radius 3 is 2.90 bits per heavy atom. The number of ether oxygens (including phenoxy) is 1. The summed E-state index contributed by atoms with van der Waals surface area (Å²) in [4.78, 5) is 21.3. The van der Waals surface area contributed by atoms with Gasteiger partial charge in [0.1, 0.15) is 5.82 Å². The molecule has 1 fully saturated rings. The molecule has 3 rings (SSSR count).